The third-order valence-electron chi connectivity index (χ3n) is 5.16. The van der Waals surface area contributed by atoms with Gasteiger partial charge < -0.3 is 5.73 Å². The fraction of sp³-hybridized carbons (Fsp3) is 1.00. The van der Waals surface area contributed by atoms with Crippen LogP contribution in [0.5, 0.6) is 0 Å². The quantitative estimate of drug-likeness (QED) is 0.801. The van der Waals surface area contributed by atoms with Crippen LogP contribution in [0.25, 0.3) is 0 Å². The molecule has 2 fully saturated rings. The van der Waals surface area contributed by atoms with Crippen LogP contribution >= 0.6 is 0 Å². The molecule has 2 heteroatoms. The zero-order valence-corrected chi connectivity index (χ0v) is 11.9. The van der Waals surface area contributed by atoms with E-state index in [1.54, 1.807) is 0 Å². The Kier molecular flexibility index (Phi) is 4.48. The average molecular weight is 238 g/mol. The van der Waals surface area contributed by atoms with Crippen molar-refractivity contribution >= 4 is 0 Å². The van der Waals surface area contributed by atoms with E-state index >= 15 is 0 Å². The van der Waals surface area contributed by atoms with Crippen LogP contribution in [0.15, 0.2) is 0 Å². The van der Waals surface area contributed by atoms with E-state index in [2.05, 4.69) is 25.7 Å². The molecule has 5 unspecified atom stereocenters. The first-order valence-electron chi connectivity index (χ1n) is 7.57. The van der Waals surface area contributed by atoms with E-state index in [1.807, 2.05) is 0 Å². The van der Waals surface area contributed by atoms with Crippen molar-refractivity contribution in [1.82, 2.24) is 4.90 Å². The minimum Gasteiger partial charge on any atom is -0.327 e. The number of nitrogens with zero attached hydrogens (tertiary/aromatic N) is 1. The molecule has 2 rings (SSSR count). The monoisotopic (exact) mass is 238 g/mol. The van der Waals surface area contributed by atoms with Crippen LogP contribution in [0.1, 0.15) is 52.9 Å². The van der Waals surface area contributed by atoms with Crippen molar-refractivity contribution in [1.29, 1.82) is 0 Å². The van der Waals surface area contributed by atoms with Gasteiger partial charge in [-0.25, -0.2) is 0 Å². The van der Waals surface area contributed by atoms with E-state index in [0.717, 1.165) is 23.8 Å². The predicted octanol–water partition coefficient (Wildman–Crippen LogP) is 2.87. The van der Waals surface area contributed by atoms with E-state index in [9.17, 15) is 0 Å². The highest BCUT2D eigenvalue weighted by atomic mass is 15.2. The number of hydrogen-bond acceptors (Lipinski definition) is 2. The maximum absolute atomic E-state index is 6.28. The molecule has 0 amide bonds. The van der Waals surface area contributed by atoms with Crippen molar-refractivity contribution in [2.24, 2.45) is 23.5 Å². The molecular weight excluding hydrogens is 208 g/mol. The lowest BCUT2D eigenvalue weighted by molar-refractivity contribution is 0.0545. The Labute approximate surface area is 107 Å². The van der Waals surface area contributed by atoms with Crippen molar-refractivity contribution in [3.8, 4) is 0 Å². The van der Waals surface area contributed by atoms with Gasteiger partial charge in [-0.1, -0.05) is 26.7 Å². The topological polar surface area (TPSA) is 29.3 Å². The zero-order valence-electron chi connectivity index (χ0n) is 11.9. The van der Waals surface area contributed by atoms with Gasteiger partial charge in [0, 0.05) is 25.2 Å². The molecule has 2 nitrogen and oxygen atoms in total. The number of piperidine rings is 1. The maximum Gasteiger partial charge on any atom is 0.00929 e. The summed E-state index contributed by atoms with van der Waals surface area (Å²) in [5.74, 6) is 2.46. The molecule has 1 heterocycles. The molecule has 0 aromatic rings. The Morgan fingerprint density at radius 3 is 2.53 bits per heavy atom. The van der Waals surface area contributed by atoms with Crippen LogP contribution in [0, 0.1) is 17.8 Å². The van der Waals surface area contributed by atoms with Gasteiger partial charge in [-0.15, -0.1) is 0 Å². The third kappa shape index (κ3) is 3.23. The molecule has 100 valence electrons. The molecule has 1 aliphatic carbocycles. The normalized spacial score (nSPS) is 44.8. The van der Waals surface area contributed by atoms with Gasteiger partial charge in [-0.2, -0.15) is 0 Å². The van der Waals surface area contributed by atoms with Gasteiger partial charge in [0.2, 0.25) is 0 Å². The lowest BCUT2D eigenvalue weighted by Crippen LogP contribution is -2.50. The van der Waals surface area contributed by atoms with E-state index in [0.29, 0.717) is 6.04 Å². The lowest BCUT2D eigenvalue weighted by Gasteiger charge is -2.44. The van der Waals surface area contributed by atoms with E-state index < -0.39 is 0 Å². The molecule has 5 atom stereocenters. The van der Waals surface area contributed by atoms with Gasteiger partial charge in [-0.3, -0.25) is 4.90 Å². The molecule has 0 bridgehead atoms. The minimum atomic E-state index is 0.462. The molecule has 17 heavy (non-hydrogen) atoms. The maximum atomic E-state index is 6.28. The molecule has 0 radical (unpaired) electrons. The average Bonchev–Trinajstić information content (AvgIpc) is 2.28. The predicted molar refractivity (Wildman–Crippen MR) is 73.9 cm³/mol. The van der Waals surface area contributed by atoms with E-state index in [1.165, 1.54) is 45.2 Å². The second-order valence-electron chi connectivity index (χ2n) is 6.72. The summed E-state index contributed by atoms with van der Waals surface area (Å²) in [4.78, 5) is 2.72. The van der Waals surface area contributed by atoms with Crippen LogP contribution in [0.3, 0.4) is 0 Å². The molecular formula is C15H30N2. The molecule has 0 spiro atoms. The highest BCUT2D eigenvalue weighted by Gasteiger charge is 2.32. The number of likely N-dealkylation sites (tertiary alicyclic amines) is 1. The van der Waals surface area contributed by atoms with Crippen molar-refractivity contribution in [3.05, 3.63) is 0 Å². The number of hydrogen-bond donors (Lipinski definition) is 1. The molecule has 1 saturated carbocycles. The Hall–Kier alpha value is -0.0800. The summed E-state index contributed by atoms with van der Waals surface area (Å²) < 4.78 is 0. The number of nitrogens with two attached hydrogens (primary N) is 1. The summed E-state index contributed by atoms with van der Waals surface area (Å²) in [7, 11) is 0. The van der Waals surface area contributed by atoms with Crippen LogP contribution < -0.4 is 5.73 Å². The van der Waals surface area contributed by atoms with E-state index in [4.69, 9.17) is 5.73 Å². The van der Waals surface area contributed by atoms with Crippen molar-refractivity contribution < 1.29 is 0 Å². The zero-order chi connectivity index (χ0) is 12.4. The molecule has 2 aliphatic rings. The summed E-state index contributed by atoms with van der Waals surface area (Å²) in [6, 6.07) is 1.21. The highest BCUT2D eigenvalue weighted by molar-refractivity contribution is 4.87. The van der Waals surface area contributed by atoms with Gasteiger partial charge >= 0.3 is 0 Å². The Morgan fingerprint density at radius 2 is 1.82 bits per heavy atom. The SMILES string of the molecule is CC1CC(C)C(C)N(CC2CCCCC2N)C1. The summed E-state index contributed by atoms with van der Waals surface area (Å²) >= 11 is 0. The Bertz CT molecular complexity index is 241. The van der Waals surface area contributed by atoms with Gasteiger partial charge in [0.1, 0.15) is 0 Å². The second kappa shape index (κ2) is 5.71. The fourth-order valence-corrected chi connectivity index (χ4v) is 3.84. The summed E-state index contributed by atoms with van der Waals surface area (Å²) in [6.07, 6.45) is 6.74. The van der Waals surface area contributed by atoms with Crippen molar-refractivity contribution in [2.75, 3.05) is 13.1 Å². The lowest BCUT2D eigenvalue weighted by atomic mass is 9.81. The molecule has 0 aromatic heterocycles. The first kappa shape index (κ1) is 13.4. The molecule has 2 N–H and O–H groups in total. The van der Waals surface area contributed by atoms with Crippen LogP contribution in [0.2, 0.25) is 0 Å². The summed E-state index contributed by atoms with van der Waals surface area (Å²) in [6.45, 7) is 9.75. The third-order valence-corrected chi connectivity index (χ3v) is 5.16. The van der Waals surface area contributed by atoms with Crippen LogP contribution in [-0.2, 0) is 0 Å². The summed E-state index contributed by atoms with van der Waals surface area (Å²) in [5, 5.41) is 0. The minimum absolute atomic E-state index is 0.462. The largest absolute Gasteiger partial charge is 0.327 e. The van der Waals surface area contributed by atoms with Gasteiger partial charge in [0.15, 0.2) is 0 Å². The smallest absolute Gasteiger partial charge is 0.00929 e. The van der Waals surface area contributed by atoms with Gasteiger partial charge in [-0.05, 0) is 43.9 Å². The second-order valence-corrected chi connectivity index (χ2v) is 6.72. The first-order valence-corrected chi connectivity index (χ1v) is 7.57. The van der Waals surface area contributed by atoms with Gasteiger partial charge in [0.05, 0.1) is 0 Å². The van der Waals surface area contributed by atoms with Crippen LogP contribution in [0.4, 0.5) is 0 Å². The first-order chi connectivity index (χ1) is 8.08. The molecule has 1 aliphatic heterocycles. The standard InChI is InChI=1S/C15H30N2/c1-11-8-12(2)13(3)17(9-11)10-14-6-4-5-7-15(14)16/h11-15H,4-10,16H2,1-3H3. The van der Waals surface area contributed by atoms with E-state index in [-0.39, 0.29) is 0 Å². The molecule has 1 saturated heterocycles. The number of rotatable bonds is 2. The Morgan fingerprint density at radius 1 is 1.12 bits per heavy atom. The van der Waals surface area contributed by atoms with Crippen molar-refractivity contribution in [3.63, 3.8) is 0 Å². The Balaban J connectivity index is 1.92. The molecule has 0 aromatic carbocycles. The fourth-order valence-electron chi connectivity index (χ4n) is 3.84. The van der Waals surface area contributed by atoms with Crippen LogP contribution in [-0.4, -0.2) is 30.1 Å². The highest BCUT2D eigenvalue weighted by Crippen LogP contribution is 2.30. The van der Waals surface area contributed by atoms with Crippen molar-refractivity contribution in [2.45, 2.75) is 65.0 Å². The van der Waals surface area contributed by atoms with Gasteiger partial charge in [0.25, 0.3) is 0 Å². The summed E-state index contributed by atoms with van der Waals surface area (Å²) in [5.41, 5.74) is 6.28.